The normalized spacial score (nSPS) is 20.0. The topological polar surface area (TPSA) is 91.5 Å². The number of aliphatic imine (C=N–C) groups is 1. The average Bonchev–Trinajstić information content (AvgIpc) is 2.62. The molecule has 0 bridgehead atoms. The van der Waals surface area contributed by atoms with Gasteiger partial charge in [-0.25, -0.2) is 13.8 Å². The minimum absolute atomic E-state index is 0.120. The number of carbonyl (C=O) groups is 1. The lowest BCUT2D eigenvalue weighted by Crippen LogP contribution is -2.41. The van der Waals surface area contributed by atoms with E-state index in [0.29, 0.717) is 12.1 Å². The molecule has 28 heavy (non-hydrogen) atoms. The Morgan fingerprint density at radius 1 is 1.21 bits per heavy atom. The SMILES string of the molecule is CC(O)(COc1ccc(F)c(F)c1)C(=O)N=C1C=C(C(F)(F)F)C(=NO)CC1. The summed E-state index contributed by atoms with van der Waals surface area (Å²) in [5.41, 5.74) is -4.34. The zero-order chi connectivity index (χ0) is 21.1. The Balaban J connectivity index is 2.16. The molecule has 1 atom stereocenters. The van der Waals surface area contributed by atoms with Crippen molar-refractivity contribution in [2.75, 3.05) is 6.61 Å². The highest BCUT2D eigenvalue weighted by atomic mass is 19.4. The Bertz CT molecular complexity index is 860. The lowest BCUT2D eigenvalue weighted by molar-refractivity contribution is -0.137. The van der Waals surface area contributed by atoms with Crippen LogP contribution in [0.4, 0.5) is 22.0 Å². The number of benzene rings is 1. The van der Waals surface area contributed by atoms with Crippen LogP contribution in [0.3, 0.4) is 0 Å². The molecule has 0 aromatic heterocycles. The number of hydrogen-bond donors (Lipinski definition) is 2. The molecule has 1 aromatic rings. The van der Waals surface area contributed by atoms with Gasteiger partial charge in [-0.2, -0.15) is 13.2 Å². The minimum atomic E-state index is -4.82. The van der Waals surface area contributed by atoms with E-state index >= 15 is 0 Å². The van der Waals surface area contributed by atoms with Crippen LogP contribution in [-0.4, -0.2) is 46.0 Å². The van der Waals surface area contributed by atoms with Gasteiger partial charge in [-0.1, -0.05) is 5.16 Å². The van der Waals surface area contributed by atoms with Gasteiger partial charge in [0.15, 0.2) is 17.2 Å². The number of hydrogen-bond acceptors (Lipinski definition) is 5. The number of nitrogens with zero attached hydrogens (tertiary/aromatic N) is 2. The van der Waals surface area contributed by atoms with Crippen LogP contribution >= 0.6 is 0 Å². The molecule has 1 unspecified atom stereocenters. The number of rotatable bonds is 4. The van der Waals surface area contributed by atoms with Crippen molar-refractivity contribution in [3.05, 3.63) is 41.5 Å². The molecule has 2 N–H and O–H groups in total. The number of allylic oxidation sites excluding steroid dienone is 2. The van der Waals surface area contributed by atoms with Gasteiger partial charge in [0.2, 0.25) is 0 Å². The first kappa shape index (κ1) is 21.5. The standard InChI is InChI=1S/C17H15F5N2O4/c1-16(26,8-28-10-3-4-12(18)13(19)7-10)15(25)23-9-2-5-14(24-27)11(6-9)17(20,21)22/h3-4,6-7,26-27H,2,5,8H2,1H3. The van der Waals surface area contributed by atoms with Gasteiger partial charge in [0.1, 0.15) is 12.4 Å². The highest BCUT2D eigenvalue weighted by molar-refractivity contribution is 6.15. The summed E-state index contributed by atoms with van der Waals surface area (Å²) in [7, 11) is 0. The first-order chi connectivity index (χ1) is 12.9. The van der Waals surface area contributed by atoms with Crippen LogP contribution in [0.1, 0.15) is 19.8 Å². The van der Waals surface area contributed by atoms with E-state index in [4.69, 9.17) is 9.94 Å². The highest BCUT2D eigenvalue weighted by Crippen LogP contribution is 2.31. The molecular weight excluding hydrogens is 391 g/mol. The third-order valence-electron chi connectivity index (χ3n) is 3.78. The smallest absolute Gasteiger partial charge is 0.418 e. The van der Waals surface area contributed by atoms with E-state index in [0.717, 1.165) is 19.1 Å². The van der Waals surface area contributed by atoms with Crippen LogP contribution in [-0.2, 0) is 4.79 Å². The van der Waals surface area contributed by atoms with Gasteiger partial charge >= 0.3 is 6.18 Å². The molecular formula is C17H15F5N2O4. The van der Waals surface area contributed by atoms with Crippen molar-refractivity contribution in [1.29, 1.82) is 0 Å². The Morgan fingerprint density at radius 2 is 1.89 bits per heavy atom. The average molecular weight is 406 g/mol. The lowest BCUT2D eigenvalue weighted by atomic mass is 9.95. The number of ether oxygens (including phenoxy) is 1. The van der Waals surface area contributed by atoms with Crippen LogP contribution in [0, 0.1) is 11.6 Å². The number of aliphatic hydroxyl groups is 1. The maximum absolute atomic E-state index is 13.1. The monoisotopic (exact) mass is 406 g/mol. The van der Waals surface area contributed by atoms with Gasteiger partial charge in [0, 0.05) is 11.8 Å². The predicted octanol–water partition coefficient (Wildman–Crippen LogP) is 3.17. The lowest BCUT2D eigenvalue weighted by Gasteiger charge is -2.21. The van der Waals surface area contributed by atoms with Crippen LogP contribution in [0.5, 0.6) is 5.75 Å². The summed E-state index contributed by atoms with van der Waals surface area (Å²) in [5, 5.41) is 21.4. The molecule has 0 heterocycles. The van der Waals surface area contributed by atoms with Gasteiger partial charge in [0.25, 0.3) is 5.91 Å². The molecule has 1 amide bonds. The third kappa shape index (κ3) is 5.12. The fourth-order valence-corrected chi connectivity index (χ4v) is 2.24. The molecule has 0 spiro atoms. The largest absolute Gasteiger partial charge is 0.490 e. The fraction of sp³-hybridized carbons (Fsp3) is 0.353. The van der Waals surface area contributed by atoms with E-state index in [2.05, 4.69) is 10.1 Å². The summed E-state index contributed by atoms with van der Waals surface area (Å²) < 4.78 is 69.9. The van der Waals surface area contributed by atoms with Crippen molar-refractivity contribution in [2.45, 2.75) is 31.5 Å². The van der Waals surface area contributed by atoms with E-state index < -0.39 is 47.2 Å². The van der Waals surface area contributed by atoms with Gasteiger partial charge in [-0.3, -0.25) is 4.79 Å². The third-order valence-corrected chi connectivity index (χ3v) is 3.78. The van der Waals surface area contributed by atoms with Crippen molar-refractivity contribution in [2.24, 2.45) is 10.1 Å². The summed E-state index contributed by atoms with van der Waals surface area (Å²) >= 11 is 0. The quantitative estimate of drug-likeness (QED) is 0.457. The molecule has 0 aliphatic heterocycles. The molecule has 1 aromatic carbocycles. The Labute approximate surface area is 155 Å². The second kappa shape index (κ2) is 8.05. The van der Waals surface area contributed by atoms with Crippen LogP contribution in [0.25, 0.3) is 0 Å². The molecule has 0 saturated carbocycles. The van der Waals surface area contributed by atoms with Gasteiger partial charge < -0.3 is 15.1 Å². The van der Waals surface area contributed by atoms with Crippen molar-refractivity contribution in [3.8, 4) is 5.75 Å². The fourth-order valence-electron chi connectivity index (χ4n) is 2.24. The molecule has 0 radical (unpaired) electrons. The van der Waals surface area contributed by atoms with Crippen molar-refractivity contribution in [3.63, 3.8) is 0 Å². The first-order valence-corrected chi connectivity index (χ1v) is 7.86. The molecule has 11 heteroatoms. The Kier molecular flexibility index (Phi) is 6.17. The summed E-state index contributed by atoms with van der Waals surface area (Å²) in [5.74, 6) is -3.67. The zero-order valence-electron chi connectivity index (χ0n) is 14.4. The predicted molar refractivity (Wildman–Crippen MR) is 87.5 cm³/mol. The van der Waals surface area contributed by atoms with E-state index in [1.54, 1.807) is 0 Å². The summed E-state index contributed by atoms with van der Waals surface area (Å²) in [6.07, 6.45) is -4.68. The molecule has 0 saturated heterocycles. The number of carbonyl (C=O) groups excluding carboxylic acids is 1. The summed E-state index contributed by atoms with van der Waals surface area (Å²) in [6.45, 7) is 0.309. The zero-order valence-corrected chi connectivity index (χ0v) is 14.4. The highest BCUT2D eigenvalue weighted by Gasteiger charge is 2.40. The summed E-state index contributed by atoms with van der Waals surface area (Å²) in [6, 6.07) is 2.56. The van der Waals surface area contributed by atoms with Gasteiger partial charge in [0.05, 0.1) is 11.3 Å². The van der Waals surface area contributed by atoms with Crippen molar-refractivity contribution < 1.29 is 41.8 Å². The maximum atomic E-state index is 13.1. The molecule has 152 valence electrons. The van der Waals surface area contributed by atoms with E-state index in [1.165, 1.54) is 0 Å². The maximum Gasteiger partial charge on any atom is 0.418 e. The van der Waals surface area contributed by atoms with Gasteiger partial charge in [-0.15, -0.1) is 0 Å². The summed E-state index contributed by atoms with van der Waals surface area (Å²) in [4.78, 5) is 15.6. The number of amides is 1. The molecule has 2 rings (SSSR count). The van der Waals surface area contributed by atoms with Crippen LogP contribution < -0.4 is 4.74 Å². The van der Waals surface area contributed by atoms with E-state index in [9.17, 15) is 31.9 Å². The van der Waals surface area contributed by atoms with Crippen molar-refractivity contribution >= 4 is 17.3 Å². The van der Waals surface area contributed by atoms with Crippen LogP contribution in [0.2, 0.25) is 0 Å². The molecule has 6 nitrogen and oxygen atoms in total. The molecule has 0 fully saturated rings. The van der Waals surface area contributed by atoms with E-state index in [1.807, 2.05) is 0 Å². The number of oxime groups is 1. The van der Waals surface area contributed by atoms with Crippen LogP contribution in [0.15, 0.2) is 40.0 Å². The number of alkyl halides is 3. The van der Waals surface area contributed by atoms with Crippen molar-refractivity contribution in [1.82, 2.24) is 0 Å². The first-order valence-electron chi connectivity index (χ1n) is 7.86. The molecule has 1 aliphatic rings. The second-order valence-electron chi connectivity index (χ2n) is 6.15. The second-order valence-corrected chi connectivity index (χ2v) is 6.15. The van der Waals surface area contributed by atoms with E-state index in [-0.39, 0.29) is 24.3 Å². The Morgan fingerprint density at radius 3 is 2.46 bits per heavy atom. The Hall–Kier alpha value is -2.82. The van der Waals surface area contributed by atoms with Gasteiger partial charge in [-0.05, 0) is 38.0 Å². The minimum Gasteiger partial charge on any atom is -0.490 e. The molecule has 1 aliphatic carbocycles. The number of halogens is 5.